The second-order valence-corrected chi connectivity index (χ2v) is 9.94. The number of aliphatic hydroxyl groups is 1. The van der Waals surface area contributed by atoms with Crippen LogP contribution in [-0.4, -0.2) is 63.5 Å². The van der Waals surface area contributed by atoms with Gasteiger partial charge in [0.05, 0.1) is 18.5 Å². The van der Waals surface area contributed by atoms with Crippen LogP contribution in [0, 0.1) is 23.4 Å². The maximum absolute atomic E-state index is 14.3. The van der Waals surface area contributed by atoms with Crippen LogP contribution < -0.4 is 20.3 Å². The van der Waals surface area contributed by atoms with E-state index in [-0.39, 0.29) is 24.0 Å². The first-order valence-electron chi connectivity index (χ1n) is 12.6. The summed E-state index contributed by atoms with van der Waals surface area (Å²) in [5.74, 6) is -2.20. The molecule has 0 bridgehead atoms. The highest BCUT2D eigenvalue weighted by Gasteiger charge is 2.35. The highest BCUT2D eigenvalue weighted by molar-refractivity contribution is 5.39. The number of nitrogens with zero attached hydrogens (tertiary/aromatic N) is 6. The molecule has 0 spiro atoms. The summed E-state index contributed by atoms with van der Waals surface area (Å²) in [5.41, 5.74) is 6.25. The topological polar surface area (TPSA) is 127 Å². The number of anilines is 2. The van der Waals surface area contributed by atoms with Crippen LogP contribution in [0.25, 0.3) is 0 Å². The minimum absolute atomic E-state index is 0.0428. The molecule has 0 saturated carbocycles. The number of halogens is 3. The predicted molar refractivity (Wildman–Crippen MR) is 131 cm³/mol. The van der Waals surface area contributed by atoms with E-state index in [2.05, 4.69) is 20.1 Å². The smallest absolute Gasteiger partial charge is 0.324 e. The molecule has 0 amide bonds. The van der Waals surface area contributed by atoms with E-state index in [1.165, 1.54) is 0 Å². The molecule has 0 radical (unpaired) electrons. The Morgan fingerprint density at radius 1 is 1.03 bits per heavy atom. The molecule has 2 saturated heterocycles. The highest BCUT2D eigenvalue weighted by Crippen LogP contribution is 2.32. The van der Waals surface area contributed by atoms with Crippen LogP contribution in [-0.2, 0) is 0 Å². The number of piperidine rings is 1. The quantitative estimate of drug-likeness (QED) is 0.438. The molecule has 38 heavy (non-hydrogen) atoms. The van der Waals surface area contributed by atoms with Gasteiger partial charge in [-0.3, -0.25) is 0 Å². The zero-order valence-corrected chi connectivity index (χ0v) is 21.1. The van der Waals surface area contributed by atoms with Gasteiger partial charge in [-0.25, -0.2) is 23.1 Å². The summed E-state index contributed by atoms with van der Waals surface area (Å²) in [7, 11) is 0. The lowest BCUT2D eigenvalue weighted by Gasteiger charge is -2.33. The fourth-order valence-corrected chi connectivity index (χ4v) is 5.07. The van der Waals surface area contributed by atoms with Crippen molar-refractivity contribution in [3.63, 3.8) is 0 Å². The summed E-state index contributed by atoms with van der Waals surface area (Å²) in [6, 6.07) is 1.34. The van der Waals surface area contributed by atoms with E-state index in [1.54, 1.807) is 24.2 Å². The van der Waals surface area contributed by atoms with Crippen molar-refractivity contribution in [3.05, 3.63) is 53.4 Å². The van der Waals surface area contributed by atoms with Crippen LogP contribution in [0.4, 0.5) is 25.1 Å². The van der Waals surface area contributed by atoms with Crippen LogP contribution in [0.5, 0.6) is 5.75 Å². The van der Waals surface area contributed by atoms with Crippen LogP contribution in [0.2, 0.25) is 0 Å². The summed E-state index contributed by atoms with van der Waals surface area (Å²) in [4.78, 5) is 16.8. The number of aliphatic hydroxyl groups excluding tert-OH is 1. The van der Waals surface area contributed by atoms with Crippen molar-refractivity contribution in [3.8, 4) is 5.75 Å². The number of ether oxygens (including phenoxy) is 1. The van der Waals surface area contributed by atoms with Gasteiger partial charge in [-0.15, -0.1) is 0 Å². The molecule has 4 heterocycles. The standard InChI is InChI=1S/C25H30F3N7O3/c1-13(36)23-32-25(38-33-23)34-5-3-15(4-6-34)14(2)37-16-9-30-24(31-10-16)35-11-18(22(29)12-35)17-7-20(27)21(28)8-19(17)26/h7-10,13-15,18,22,36H,3-6,11-12,29H2,1-2H3/t13-,14-,18+,22-/m0/s1. The molecule has 5 rings (SSSR count). The lowest BCUT2D eigenvalue weighted by Crippen LogP contribution is -2.38. The maximum atomic E-state index is 14.3. The normalized spacial score (nSPS) is 22.1. The Labute approximate surface area is 217 Å². The number of benzene rings is 1. The molecule has 2 aliphatic rings. The molecule has 1 aromatic carbocycles. The summed E-state index contributed by atoms with van der Waals surface area (Å²) >= 11 is 0. The van der Waals surface area contributed by atoms with Crippen molar-refractivity contribution in [1.29, 1.82) is 0 Å². The molecular formula is C25H30F3N7O3. The zero-order chi connectivity index (χ0) is 27.0. The molecule has 10 nitrogen and oxygen atoms in total. The van der Waals surface area contributed by atoms with Crippen molar-refractivity contribution < 1.29 is 27.5 Å². The summed E-state index contributed by atoms with van der Waals surface area (Å²) in [5, 5.41) is 13.4. The Balaban J connectivity index is 1.15. The van der Waals surface area contributed by atoms with E-state index in [4.69, 9.17) is 15.0 Å². The third-order valence-electron chi connectivity index (χ3n) is 7.30. The molecule has 4 atom stereocenters. The molecule has 3 N–H and O–H groups in total. The van der Waals surface area contributed by atoms with Gasteiger partial charge < -0.3 is 29.9 Å². The van der Waals surface area contributed by atoms with Gasteiger partial charge in [-0.1, -0.05) is 5.16 Å². The number of aromatic nitrogens is 4. The number of nitrogens with two attached hydrogens (primary N) is 1. The van der Waals surface area contributed by atoms with Crippen LogP contribution in [0.15, 0.2) is 29.0 Å². The van der Waals surface area contributed by atoms with Gasteiger partial charge in [0, 0.05) is 44.2 Å². The van der Waals surface area contributed by atoms with Crippen LogP contribution in [0.1, 0.15) is 50.1 Å². The van der Waals surface area contributed by atoms with Crippen LogP contribution >= 0.6 is 0 Å². The average Bonchev–Trinajstić information content (AvgIpc) is 3.54. The first kappa shape index (κ1) is 26.2. The number of hydrogen-bond acceptors (Lipinski definition) is 10. The van der Waals surface area contributed by atoms with Gasteiger partial charge in [0.1, 0.15) is 11.9 Å². The fourth-order valence-electron chi connectivity index (χ4n) is 5.07. The van der Waals surface area contributed by atoms with Crippen LogP contribution in [0.3, 0.4) is 0 Å². The summed E-state index contributed by atoms with van der Waals surface area (Å²) in [6.45, 7) is 5.67. The Morgan fingerprint density at radius 3 is 2.37 bits per heavy atom. The van der Waals surface area contributed by atoms with E-state index in [0.717, 1.165) is 32.0 Å². The summed E-state index contributed by atoms with van der Waals surface area (Å²) in [6.07, 6.45) is 4.03. The van der Waals surface area contributed by atoms with Crippen molar-refractivity contribution in [2.75, 3.05) is 36.0 Å². The second kappa shape index (κ2) is 10.7. The minimum atomic E-state index is -1.23. The van der Waals surface area contributed by atoms with Crippen molar-refractivity contribution in [1.82, 2.24) is 20.1 Å². The molecular weight excluding hydrogens is 503 g/mol. The molecule has 2 fully saturated rings. The largest absolute Gasteiger partial charge is 0.487 e. The Hall–Kier alpha value is -3.45. The molecule has 2 aliphatic heterocycles. The van der Waals surface area contributed by atoms with Gasteiger partial charge in [-0.05, 0) is 44.2 Å². The lowest BCUT2D eigenvalue weighted by atomic mass is 9.92. The van der Waals surface area contributed by atoms with Crippen molar-refractivity contribution in [2.24, 2.45) is 11.7 Å². The highest BCUT2D eigenvalue weighted by atomic mass is 19.2. The molecule has 0 aliphatic carbocycles. The molecule has 3 aromatic rings. The van der Waals surface area contributed by atoms with Gasteiger partial charge >= 0.3 is 6.01 Å². The SMILES string of the molecule is C[C@H](O)c1noc(N2CCC([C@H](C)Oc3cnc(N4C[C@H](c5cc(F)c(F)cc5F)[C@@H](N)C4)nc3)CC2)n1. The minimum Gasteiger partial charge on any atom is -0.487 e. The Bertz CT molecular complexity index is 1250. The molecule has 13 heteroatoms. The van der Waals surface area contributed by atoms with E-state index >= 15 is 0 Å². The number of rotatable bonds is 7. The molecule has 2 aromatic heterocycles. The van der Waals surface area contributed by atoms with E-state index in [0.29, 0.717) is 36.2 Å². The predicted octanol–water partition coefficient (Wildman–Crippen LogP) is 2.95. The zero-order valence-electron chi connectivity index (χ0n) is 21.1. The van der Waals surface area contributed by atoms with Crippen molar-refractivity contribution in [2.45, 2.75) is 50.9 Å². The first-order chi connectivity index (χ1) is 18.2. The fraction of sp³-hybridized carbons (Fsp3) is 0.520. The maximum Gasteiger partial charge on any atom is 0.324 e. The monoisotopic (exact) mass is 533 g/mol. The van der Waals surface area contributed by atoms with Gasteiger partial charge in [0.25, 0.3) is 0 Å². The first-order valence-corrected chi connectivity index (χ1v) is 12.6. The van der Waals surface area contributed by atoms with Gasteiger partial charge in [-0.2, -0.15) is 4.98 Å². The van der Waals surface area contributed by atoms with Crippen molar-refractivity contribution >= 4 is 12.0 Å². The second-order valence-electron chi connectivity index (χ2n) is 9.94. The third-order valence-corrected chi connectivity index (χ3v) is 7.30. The van der Waals surface area contributed by atoms with E-state index in [1.807, 2.05) is 11.8 Å². The lowest BCUT2D eigenvalue weighted by molar-refractivity contribution is 0.131. The Kier molecular flexibility index (Phi) is 7.39. The van der Waals surface area contributed by atoms with E-state index < -0.39 is 35.5 Å². The van der Waals surface area contributed by atoms with Gasteiger partial charge in [0.15, 0.2) is 17.4 Å². The third kappa shape index (κ3) is 5.39. The molecule has 0 unspecified atom stereocenters. The number of hydrogen-bond donors (Lipinski definition) is 2. The summed E-state index contributed by atoms with van der Waals surface area (Å²) < 4.78 is 52.7. The van der Waals surface area contributed by atoms with Gasteiger partial charge in [0.2, 0.25) is 11.8 Å². The Morgan fingerprint density at radius 2 is 1.71 bits per heavy atom. The molecule has 204 valence electrons. The average molecular weight is 534 g/mol. The van der Waals surface area contributed by atoms with E-state index in [9.17, 15) is 18.3 Å².